The van der Waals surface area contributed by atoms with Gasteiger partial charge in [0.1, 0.15) is 5.75 Å². The number of fused-ring (bicyclic) bond motifs is 1. The van der Waals surface area contributed by atoms with E-state index >= 15 is 0 Å². The Labute approximate surface area is 142 Å². The quantitative estimate of drug-likeness (QED) is 0.667. The molecule has 2 aromatic carbocycles. The molecule has 0 amide bonds. The lowest BCUT2D eigenvalue weighted by Gasteiger charge is -2.10. The second-order valence-electron chi connectivity index (χ2n) is 6.06. The summed E-state index contributed by atoms with van der Waals surface area (Å²) in [4.78, 5) is 2.16. The van der Waals surface area contributed by atoms with Gasteiger partial charge in [0.15, 0.2) is 0 Å². The van der Waals surface area contributed by atoms with Gasteiger partial charge in [0.2, 0.25) is 0 Å². The fourth-order valence-electron chi connectivity index (χ4n) is 2.53. The van der Waals surface area contributed by atoms with E-state index in [0.29, 0.717) is 0 Å². The number of aromatic nitrogens is 2. The molecule has 3 aromatic rings. The molecule has 1 N–H and O–H groups in total. The molecule has 0 saturated carbocycles. The van der Waals surface area contributed by atoms with E-state index in [0.717, 1.165) is 47.5 Å². The Kier molecular flexibility index (Phi) is 5.29. The SMILES string of the molecule is CN(C)CCCOc1ccc(/C=C/c2n[nH]c3ccccc23)cc1. The van der Waals surface area contributed by atoms with Gasteiger partial charge in [-0.2, -0.15) is 5.10 Å². The highest BCUT2D eigenvalue weighted by Gasteiger charge is 2.01. The van der Waals surface area contributed by atoms with Gasteiger partial charge >= 0.3 is 0 Å². The maximum absolute atomic E-state index is 5.75. The standard InChI is InChI=1S/C20H23N3O/c1-23(2)14-5-15-24-17-11-8-16(9-12-17)10-13-20-18-6-3-4-7-19(18)21-22-20/h3-4,6-13H,5,14-15H2,1-2H3,(H,21,22)/b13-10+. The number of para-hydroxylation sites is 1. The van der Waals surface area contributed by atoms with Gasteiger partial charge in [-0.25, -0.2) is 0 Å². The van der Waals surface area contributed by atoms with Gasteiger partial charge in [-0.3, -0.25) is 5.10 Å². The molecule has 124 valence electrons. The molecule has 24 heavy (non-hydrogen) atoms. The Hall–Kier alpha value is -2.59. The van der Waals surface area contributed by atoms with Crippen molar-refractivity contribution in [3.63, 3.8) is 0 Å². The van der Waals surface area contributed by atoms with Crippen molar-refractivity contribution in [3.8, 4) is 5.75 Å². The van der Waals surface area contributed by atoms with Crippen LogP contribution in [0.25, 0.3) is 23.1 Å². The first kappa shape index (κ1) is 16.3. The Balaban J connectivity index is 1.59. The average molecular weight is 321 g/mol. The molecule has 0 fully saturated rings. The zero-order valence-electron chi connectivity index (χ0n) is 14.2. The molecule has 1 heterocycles. The Morgan fingerprint density at radius 3 is 2.62 bits per heavy atom. The molecule has 0 aliphatic heterocycles. The number of H-pyrrole nitrogens is 1. The van der Waals surface area contributed by atoms with Crippen LogP contribution in [0, 0.1) is 0 Å². The lowest BCUT2D eigenvalue weighted by molar-refractivity contribution is 0.281. The van der Waals surface area contributed by atoms with Gasteiger partial charge in [0, 0.05) is 11.9 Å². The van der Waals surface area contributed by atoms with Gasteiger partial charge < -0.3 is 9.64 Å². The van der Waals surface area contributed by atoms with Gasteiger partial charge in [-0.1, -0.05) is 36.4 Å². The highest BCUT2D eigenvalue weighted by atomic mass is 16.5. The molecular formula is C20H23N3O. The average Bonchev–Trinajstić information content (AvgIpc) is 3.01. The van der Waals surface area contributed by atoms with Crippen molar-refractivity contribution in [3.05, 3.63) is 59.8 Å². The minimum atomic E-state index is 0.743. The van der Waals surface area contributed by atoms with Crippen LogP contribution in [0.4, 0.5) is 0 Å². The van der Waals surface area contributed by atoms with Crippen molar-refractivity contribution in [2.45, 2.75) is 6.42 Å². The normalized spacial score (nSPS) is 11.6. The zero-order valence-corrected chi connectivity index (χ0v) is 14.2. The van der Waals surface area contributed by atoms with E-state index in [1.165, 1.54) is 0 Å². The van der Waals surface area contributed by atoms with E-state index in [-0.39, 0.29) is 0 Å². The van der Waals surface area contributed by atoms with E-state index in [1.54, 1.807) is 0 Å². The van der Waals surface area contributed by atoms with Crippen LogP contribution in [0.1, 0.15) is 17.7 Å². The van der Waals surface area contributed by atoms with Crippen LogP contribution in [0.15, 0.2) is 48.5 Å². The van der Waals surface area contributed by atoms with E-state index in [2.05, 4.69) is 53.5 Å². The highest BCUT2D eigenvalue weighted by Crippen LogP contribution is 2.18. The summed E-state index contributed by atoms with van der Waals surface area (Å²) < 4.78 is 5.75. The fourth-order valence-corrected chi connectivity index (χ4v) is 2.53. The minimum Gasteiger partial charge on any atom is -0.494 e. The smallest absolute Gasteiger partial charge is 0.119 e. The predicted octanol–water partition coefficient (Wildman–Crippen LogP) is 4.06. The van der Waals surface area contributed by atoms with Crippen LogP contribution in [-0.4, -0.2) is 42.3 Å². The Morgan fingerprint density at radius 2 is 1.83 bits per heavy atom. The fraction of sp³-hybridized carbons (Fsp3) is 0.250. The first-order valence-electron chi connectivity index (χ1n) is 8.21. The monoisotopic (exact) mass is 321 g/mol. The molecule has 0 bridgehead atoms. The summed E-state index contributed by atoms with van der Waals surface area (Å²) in [6, 6.07) is 16.3. The van der Waals surface area contributed by atoms with Crippen molar-refractivity contribution >= 4 is 23.1 Å². The van der Waals surface area contributed by atoms with Crippen LogP contribution in [0.3, 0.4) is 0 Å². The van der Waals surface area contributed by atoms with Crippen LogP contribution in [-0.2, 0) is 0 Å². The molecule has 0 unspecified atom stereocenters. The molecule has 4 nitrogen and oxygen atoms in total. The number of benzene rings is 2. The third kappa shape index (κ3) is 4.24. The molecule has 0 aliphatic carbocycles. The van der Waals surface area contributed by atoms with Crippen LogP contribution in [0.5, 0.6) is 5.75 Å². The number of nitrogens with zero attached hydrogens (tertiary/aromatic N) is 2. The number of rotatable bonds is 7. The molecule has 0 saturated heterocycles. The second kappa shape index (κ2) is 7.79. The van der Waals surface area contributed by atoms with E-state index in [4.69, 9.17) is 4.74 Å². The topological polar surface area (TPSA) is 41.1 Å². The van der Waals surface area contributed by atoms with Gasteiger partial charge in [-0.05, 0) is 50.4 Å². The maximum atomic E-state index is 5.75. The van der Waals surface area contributed by atoms with E-state index in [1.807, 2.05) is 36.4 Å². The largest absolute Gasteiger partial charge is 0.494 e. The van der Waals surface area contributed by atoms with Gasteiger partial charge in [-0.15, -0.1) is 0 Å². The van der Waals surface area contributed by atoms with Crippen LogP contribution < -0.4 is 4.74 Å². The molecular weight excluding hydrogens is 298 g/mol. The first-order valence-corrected chi connectivity index (χ1v) is 8.21. The number of hydrogen-bond acceptors (Lipinski definition) is 3. The molecule has 1 aromatic heterocycles. The van der Waals surface area contributed by atoms with Crippen molar-refractivity contribution in [2.75, 3.05) is 27.2 Å². The summed E-state index contributed by atoms with van der Waals surface area (Å²) in [6.45, 7) is 1.78. The third-order valence-corrected chi connectivity index (χ3v) is 3.83. The maximum Gasteiger partial charge on any atom is 0.119 e. The first-order chi connectivity index (χ1) is 11.7. The summed E-state index contributed by atoms with van der Waals surface area (Å²) >= 11 is 0. The summed E-state index contributed by atoms with van der Waals surface area (Å²) in [7, 11) is 4.15. The molecule has 3 rings (SSSR count). The van der Waals surface area contributed by atoms with Crippen molar-refractivity contribution in [1.82, 2.24) is 15.1 Å². The van der Waals surface area contributed by atoms with Crippen LogP contribution >= 0.6 is 0 Å². The molecule has 4 heteroatoms. The number of nitrogens with one attached hydrogen (secondary N) is 1. The third-order valence-electron chi connectivity index (χ3n) is 3.83. The number of aromatic amines is 1. The molecule has 0 radical (unpaired) electrons. The predicted molar refractivity (Wildman–Crippen MR) is 100 cm³/mol. The molecule has 0 spiro atoms. The lowest BCUT2D eigenvalue weighted by Crippen LogP contribution is -2.15. The van der Waals surface area contributed by atoms with E-state index in [9.17, 15) is 0 Å². The molecule has 0 atom stereocenters. The zero-order chi connectivity index (χ0) is 16.8. The Bertz CT molecular complexity index is 803. The summed E-state index contributed by atoms with van der Waals surface area (Å²) in [6.07, 6.45) is 5.13. The minimum absolute atomic E-state index is 0.743. The van der Waals surface area contributed by atoms with Gasteiger partial charge in [0.25, 0.3) is 0 Å². The number of hydrogen-bond donors (Lipinski definition) is 1. The number of ether oxygens (including phenoxy) is 1. The lowest BCUT2D eigenvalue weighted by atomic mass is 10.1. The van der Waals surface area contributed by atoms with Crippen molar-refractivity contribution in [1.29, 1.82) is 0 Å². The summed E-state index contributed by atoms with van der Waals surface area (Å²) in [5.41, 5.74) is 3.14. The van der Waals surface area contributed by atoms with Crippen LogP contribution in [0.2, 0.25) is 0 Å². The highest BCUT2D eigenvalue weighted by molar-refractivity contribution is 5.89. The summed E-state index contributed by atoms with van der Waals surface area (Å²) in [5.74, 6) is 0.913. The second-order valence-corrected chi connectivity index (χ2v) is 6.06. The molecule has 0 aliphatic rings. The Morgan fingerprint density at radius 1 is 1.04 bits per heavy atom. The van der Waals surface area contributed by atoms with E-state index < -0.39 is 0 Å². The summed E-state index contributed by atoms with van der Waals surface area (Å²) in [5, 5.41) is 8.53. The van der Waals surface area contributed by atoms with Gasteiger partial charge in [0.05, 0.1) is 17.8 Å². The van der Waals surface area contributed by atoms with Crippen molar-refractivity contribution < 1.29 is 4.74 Å². The van der Waals surface area contributed by atoms with Crippen molar-refractivity contribution in [2.24, 2.45) is 0 Å².